The molecule has 3 heterocycles. The van der Waals surface area contributed by atoms with Crippen LogP contribution < -0.4 is 5.32 Å². The Morgan fingerprint density at radius 3 is 2.64 bits per heavy atom. The molecule has 1 fully saturated rings. The van der Waals surface area contributed by atoms with Gasteiger partial charge in [0.05, 0.1) is 12.1 Å². The number of hydrogen-bond donors (Lipinski definition) is 1. The molecule has 6 nitrogen and oxygen atoms in total. The van der Waals surface area contributed by atoms with E-state index in [2.05, 4.69) is 62.4 Å². The van der Waals surface area contributed by atoms with Gasteiger partial charge in [0.1, 0.15) is 5.82 Å². The number of carbonyl (C=O) groups is 1. The van der Waals surface area contributed by atoms with Crippen molar-refractivity contribution >= 4 is 5.91 Å². The Balaban J connectivity index is 1.36. The van der Waals surface area contributed by atoms with Gasteiger partial charge in [-0.15, -0.1) is 0 Å². The summed E-state index contributed by atoms with van der Waals surface area (Å²) in [4.78, 5) is 19.3. The van der Waals surface area contributed by atoms with Crippen molar-refractivity contribution in [1.82, 2.24) is 19.8 Å². The molecule has 0 bridgehead atoms. The summed E-state index contributed by atoms with van der Waals surface area (Å²) in [6, 6.07) is 18.8. The first kappa shape index (κ1) is 21.9. The van der Waals surface area contributed by atoms with Gasteiger partial charge in [0.25, 0.3) is 0 Å². The van der Waals surface area contributed by atoms with E-state index in [4.69, 9.17) is 4.74 Å². The highest BCUT2D eigenvalue weighted by Crippen LogP contribution is 2.52. The van der Waals surface area contributed by atoms with Crippen LogP contribution in [0.2, 0.25) is 0 Å². The van der Waals surface area contributed by atoms with Crippen molar-refractivity contribution in [3.8, 4) is 5.82 Å². The number of fused-ring (bicyclic) bond motifs is 2. The molecule has 2 atom stereocenters. The van der Waals surface area contributed by atoms with Gasteiger partial charge in [-0.2, -0.15) is 0 Å². The van der Waals surface area contributed by atoms with Crippen LogP contribution in [-0.4, -0.2) is 46.7 Å². The molecular weight excluding hydrogens is 412 g/mol. The van der Waals surface area contributed by atoms with Gasteiger partial charge in [0, 0.05) is 43.6 Å². The van der Waals surface area contributed by atoms with Crippen LogP contribution in [0.25, 0.3) is 5.82 Å². The van der Waals surface area contributed by atoms with Gasteiger partial charge in [-0.25, -0.2) is 4.98 Å². The Bertz CT molecular complexity index is 1100. The second kappa shape index (κ2) is 9.12. The number of ether oxygens (including phenoxy) is 1. The van der Waals surface area contributed by atoms with E-state index in [1.54, 1.807) is 7.11 Å². The van der Waals surface area contributed by atoms with Gasteiger partial charge in [-0.1, -0.05) is 37.3 Å². The van der Waals surface area contributed by atoms with E-state index in [1.807, 2.05) is 31.3 Å². The van der Waals surface area contributed by atoms with Gasteiger partial charge in [-0.05, 0) is 61.3 Å². The number of methoxy groups -OCH3 is 1. The van der Waals surface area contributed by atoms with Gasteiger partial charge in [-0.3, -0.25) is 9.69 Å². The Morgan fingerprint density at radius 2 is 1.91 bits per heavy atom. The van der Waals surface area contributed by atoms with Gasteiger partial charge < -0.3 is 14.6 Å². The smallest absolute Gasteiger partial charge is 0.220 e. The molecule has 2 aliphatic rings. The summed E-state index contributed by atoms with van der Waals surface area (Å²) < 4.78 is 8.29. The fourth-order valence-corrected chi connectivity index (χ4v) is 5.81. The topological polar surface area (TPSA) is 59.4 Å². The fourth-order valence-electron chi connectivity index (χ4n) is 5.81. The lowest BCUT2D eigenvalue weighted by atomic mass is 9.72. The molecule has 1 saturated heterocycles. The lowest BCUT2D eigenvalue weighted by molar-refractivity contribution is -0.123. The summed E-state index contributed by atoms with van der Waals surface area (Å²) in [5.41, 5.74) is 3.72. The summed E-state index contributed by atoms with van der Waals surface area (Å²) in [6.07, 6.45) is 6.35. The molecular formula is C27H32N4O2. The number of nitrogens with zero attached hydrogens (tertiary/aromatic N) is 3. The number of carbonyl (C=O) groups excluding carboxylic acids is 1. The van der Waals surface area contributed by atoms with Crippen LogP contribution in [-0.2, 0) is 21.5 Å². The van der Waals surface area contributed by atoms with Crippen LogP contribution in [0.15, 0.2) is 67.0 Å². The molecule has 1 amide bonds. The van der Waals surface area contributed by atoms with Crippen LogP contribution in [0.5, 0.6) is 0 Å². The molecule has 3 aromatic rings. The number of rotatable bonds is 6. The third-order valence-electron chi connectivity index (χ3n) is 7.43. The van der Waals surface area contributed by atoms with Crippen LogP contribution in [0.1, 0.15) is 49.0 Å². The van der Waals surface area contributed by atoms with Crippen LogP contribution in [0, 0.1) is 0 Å². The summed E-state index contributed by atoms with van der Waals surface area (Å²) in [6.45, 7) is 4.74. The standard InChI is InChI=1S/C27H32N4O2/c1-3-24(32)29-25-21-10-4-5-11-22(21)27(26(25)33-2)13-17-30(18-14-27)19-20-9-8-16-31(20)23-12-6-7-15-28-23/h4-12,15-16,25-26H,3,13-14,17-19H2,1-2H3,(H,29,32)/t25-,26+/m0/s1. The van der Waals surface area contributed by atoms with Crippen molar-refractivity contribution in [1.29, 1.82) is 0 Å². The average molecular weight is 445 g/mol. The zero-order valence-electron chi connectivity index (χ0n) is 19.4. The normalized spacial score (nSPS) is 21.8. The molecule has 1 aliphatic carbocycles. The molecule has 1 spiro atoms. The number of likely N-dealkylation sites (tertiary alicyclic amines) is 1. The maximum atomic E-state index is 12.3. The highest BCUT2D eigenvalue weighted by molar-refractivity contribution is 5.76. The highest BCUT2D eigenvalue weighted by Gasteiger charge is 2.53. The quantitative estimate of drug-likeness (QED) is 0.624. The van der Waals surface area contributed by atoms with Crippen molar-refractivity contribution in [2.75, 3.05) is 20.2 Å². The van der Waals surface area contributed by atoms with Crippen molar-refractivity contribution in [3.63, 3.8) is 0 Å². The maximum absolute atomic E-state index is 12.3. The Kier molecular flexibility index (Phi) is 6.04. The largest absolute Gasteiger partial charge is 0.378 e. The number of piperidine rings is 1. The maximum Gasteiger partial charge on any atom is 0.220 e. The SMILES string of the molecule is CCC(=O)N[C@H]1c2ccccc2C2(CCN(Cc3cccn3-c3ccccn3)CC2)[C@@H]1OC. The van der Waals surface area contributed by atoms with E-state index in [0.717, 1.165) is 38.3 Å². The monoisotopic (exact) mass is 444 g/mol. The van der Waals surface area contributed by atoms with Crippen molar-refractivity contribution in [3.05, 3.63) is 83.8 Å². The second-order valence-corrected chi connectivity index (χ2v) is 9.13. The van der Waals surface area contributed by atoms with E-state index in [9.17, 15) is 4.79 Å². The Morgan fingerprint density at radius 1 is 1.12 bits per heavy atom. The molecule has 2 aromatic heterocycles. The van der Waals surface area contributed by atoms with Crippen LogP contribution in [0.4, 0.5) is 0 Å². The van der Waals surface area contributed by atoms with Crippen molar-refractivity contribution < 1.29 is 9.53 Å². The predicted octanol–water partition coefficient (Wildman–Crippen LogP) is 4.00. The molecule has 33 heavy (non-hydrogen) atoms. The fraction of sp³-hybridized carbons (Fsp3) is 0.407. The Labute approximate surface area is 195 Å². The van der Waals surface area contributed by atoms with E-state index in [-0.39, 0.29) is 23.5 Å². The first-order valence-corrected chi connectivity index (χ1v) is 11.9. The first-order chi connectivity index (χ1) is 16.2. The summed E-state index contributed by atoms with van der Waals surface area (Å²) in [5.74, 6) is 1.02. The van der Waals surface area contributed by atoms with Crippen molar-refractivity contribution in [2.45, 2.75) is 50.3 Å². The Hall–Kier alpha value is -2.96. The summed E-state index contributed by atoms with van der Waals surface area (Å²) in [7, 11) is 1.79. The number of benzene rings is 1. The summed E-state index contributed by atoms with van der Waals surface area (Å²) >= 11 is 0. The number of aromatic nitrogens is 2. The first-order valence-electron chi connectivity index (χ1n) is 11.9. The van der Waals surface area contributed by atoms with Gasteiger partial charge in [0.2, 0.25) is 5.91 Å². The predicted molar refractivity (Wildman–Crippen MR) is 128 cm³/mol. The zero-order valence-corrected chi connectivity index (χ0v) is 19.4. The molecule has 1 aliphatic heterocycles. The van der Waals surface area contributed by atoms with Crippen LogP contribution >= 0.6 is 0 Å². The molecule has 0 saturated carbocycles. The molecule has 172 valence electrons. The number of nitrogens with one attached hydrogen (secondary N) is 1. The van der Waals surface area contributed by atoms with E-state index in [0.29, 0.717) is 6.42 Å². The molecule has 0 unspecified atom stereocenters. The minimum atomic E-state index is -0.0911. The number of hydrogen-bond acceptors (Lipinski definition) is 4. The summed E-state index contributed by atoms with van der Waals surface area (Å²) in [5, 5.41) is 3.24. The molecule has 6 heteroatoms. The van der Waals surface area contributed by atoms with E-state index >= 15 is 0 Å². The lowest BCUT2D eigenvalue weighted by Crippen LogP contribution is -2.50. The van der Waals surface area contributed by atoms with Gasteiger partial charge >= 0.3 is 0 Å². The average Bonchev–Trinajstić information content (AvgIpc) is 3.42. The van der Waals surface area contributed by atoms with Crippen LogP contribution in [0.3, 0.4) is 0 Å². The minimum absolute atomic E-state index is 0.0510. The van der Waals surface area contributed by atoms with Gasteiger partial charge in [0.15, 0.2) is 0 Å². The van der Waals surface area contributed by atoms with E-state index in [1.165, 1.54) is 16.8 Å². The second-order valence-electron chi connectivity index (χ2n) is 9.13. The molecule has 1 aromatic carbocycles. The third kappa shape index (κ3) is 3.87. The highest BCUT2D eigenvalue weighted by atomic mass is 16.5. The minimum Gasteiger partial charge on any atom is -0.378 e. The number of pyridine rings is 1. The molecule has 1 N–H and O–H groups in total. The lowest BCUT2D eigenvalue weighted by Gasteiger charge is -2.44. The van der Waals surface area contributed by atoms with Crippen molar-refractivity contribution in [2.24, 2.45) is 0 Å². The molecule has 5 rings (SSSR count). The molecule has 0 radical (unpaired) electrons. The third-order valence-corrected chi connectivity index (χ3v) is 7.43. The zero-order chi connectivity index (χ0) is 22.8. The van der Waals surface area contributed by atoms with E-state index < -0.39 is 0 Å². The number of amides is 1.